The van der Waals surface area contributed by atoms with E-state index in [0.29, 0.717) is 6.61 Å². The monoisotopic (exact) mass is 426 g/mol. The molecule has 0 aliphatic rings. The molecule has 1 N–H and O–H groups in total. The van der Waals surface area contributed by atoms with Crippen LogP contribution < -0.4 is 56.5 Å². The number of carboxylic acids is 1. The molecule has 2 atom stereocenters. The number of unbranched alkanes of at least 4 members (excludes halogenated alkanes) is 10. The maximum atomic E-state index is 10.5. The number of carbonyl (C=O) groups excluding carboxylic acids is 1. The molecule has 0 fully saturated rings. The van der Waals surface area contributed by atoms with E-state index in [0.717, 1.165) is 38.5 Å². The van der Waals surface area contributed by atoms with Crippen molar-refractivity contribution in [3.8, 4) is 0 Å². The van der Waals surface area contributed by atoms with Crippen LogP contribution in [0, 0.1) is 0 Å². The number of aliphatic hydroxyl groups is 1. The van der Waals surface area contributed by atoms with Gasteiger partial charge < -0.3 is 24.5 Å². The molecule has 0 aromatic rings. The molecular formula is C22H43KO5. The van der Waals surface area contributed by atoms with Gasteiger partial charge >= 0.3 is 51.4 Å². The number of rotatable bonds is 21. The molecule has 28 heavy (non-hydrogen) atoms. The van der Waals surface area contributed by atoms with Crippen LogP contribution in [-0.4, -0.2) is 43.1 Å². The van der Waals surface area contributed by atoms with E-state index in [2.05, 4.69) is 13.8 Å². The minimum atomic E-state index is -1.21. The van der Waals surface area contributed by atoms with Crippen LogP contribution in [-0.2, 0) is 14.3 Å². The van der Waals surface area contributed by atoms with Crippen LogP contribution in [0.4, 0.5) is 0 Å². The van der Waals surface area contributed by atoms with E-state index in [1.807, 2.05) is 0 Å². The van der Waals surface area contributed by atoms with Gasteiger partial charge in [0.2, 0.25) is 0 Å². The summed E-state index contributed by atoms with van der Waals surface area (Å²) in [6.07, 6.45) is 15.4. The minimum Gasteiger partial charge on any atom is -0.548 e. The zero-order valence-corrected chi connectivity index (χ0v) is 21.9. The van der Waals surface area contributed by atoms with Crippen LogP contribution in [0.2, 0.25) is 0 Å². The molecule has 5 nitrogen and oxygen atoms in total. The van der Waals surface area contributed by atoms with E-state index in [9.17, 15) is 15.0 Å². The summed E-state index contributed by atoms with van der Waals surface area (Å²) in [5, 5.41) is 20.6. The Labute approximate surface area is 215 Å². The molecule has 0 aromatic heterocycles. The molecule has 0 radical (unpaired) electrons. The number of carboxylic acid groups (broad SMARTS) is 1. The Balaban J connectivity index is 0. The van der Waals surface area contributed by atoms with Gasteiger partial charge in [-0.3, -0.25) is 0 Å². The Morgan fingerprint density at radius 1 is 0.821 bits per heavy atom. The second-order valence-corrected chi connectivity index (χ2v) is 7.61. The van der Waals surface area contributed by atoms with Crippen LogP contribution in [0.25, 0.3) is 0 Å². The summed E-state index contributed by atoms with van der Waals surface area (Å²) in [4.78, 5) is 10.5. The van der Waals surface area contributed by atoms with Crippen molar-refractivity contribution < 1.29 is 75.9 Å². The van der Waals surface area contributed by atoms with Crippen molar-refractivity contribution in [1.29, 1.82) is 0 Å². The average Bonchev–Trinajstić information content (AvgIpc) is 2.64. The van der Waals surface area contributed by atoms with Crippen molar-refractivity contribution in [2.45, 2.75) is 116 Å². The van der Waals surface area contributed by atoms with Gasteiger partial charge in [0.05, 0.1) is 38.0 Å². The van der Waals surface area contributed by atoms with Crippen molar-refractivity contribution in [1.82, 2.24) is 0 Å². The molecule has 0 bridgehead atoms. The molecule has 0 aliphatic carbocycles. The first-order chi connectivity index (χ1) is 13.1. The van der Waals surface area contributed by atoms with E-state index in [1.165, 1.54) is 51.4 Å². The predicted molar refractivity (Wildman–Crippen MR) is 108 cm³/mol. The van der Waals surface area contributed by atoms with E-state index in [4.69, 9.17) is 9.47 Å². The normalized spacial score (nSPS) is 13.1. The van der Waals surface area contributed by atoms with Gasteiger partial charge in [-0.25, -0.2) is 0 Å². The van der Waals surface area contributed by atoms with Crippen molar-refractivity contribution in [3.63, 3.8) is 0 Å². The molecule has 0 heterocycles. The standard InChI is InChI=1S/C22H44O5.K/c1-3-5-7-9-11-13-15-20(23)17-27-21(18-26-19-22(24)25)16-14-12-10-8-6-4-2;/h20-21,23H,3-19H2,1-2H3,(H,24,25);/q;+1/p-1. The molecular weight excluding hydrogens is 383 g/mol. The molecule has 0 aliphatic heterocycles. The van der Waals surface area contributed by atoms with Gasteiger partial charge in [0.1, 0.15) is 0 Å². The molecule has 2 unspecified atom stereocenters. The third-order valence-corrected chi connectivity index (χ3v) is 4.82. The Morgan fingerprint density at radius 3 is 1.86 bits per heavy atom. The van der Waals surface area contributed by atoms with Gasteiger partial charge in [-0.1, -0.05) is 90.9 Å². The third-order valence-electron chi connectivity index (χ3n) is 4.82. The molecule has 0 aromatic carbocycles. The topological polar surface area (TPSA) is 78.8 Å². The summed E-state index contributed by atoms with van der Waals surface area (Å²) in [6, 6.07) is 0. The second kappa shape index (κ2) is 24.3. The number of hydrogen-bond acceptors (Lipinski definition) is 5. The minimum absolute atomic E-state index is 0. The average molecular weight is 427 g/mol. The van der Waals surface area contributed by atoms with E-state index in [1.54, 1.807) is 0 Å². The quantitative estimate of drug-likeness (QED) is 0.219. The number of aliphatic carboxylic acids is 1. The summed E-state index contributed by atoms with van der Waals surface area (Å²) >= 11 is 0. The number of hydrogen-bond donors (Lipinski definition) is 1. The van der Waals surface area contributed by atoms with Crippen molar-refractivity contribution >= 4 is 5.97 Å². The zero-order chi connectivity index (χ0) is 20.2. The Bertz CT molecular complexity index is 328. The first-order valence-electron chi connectivity index (χ1n) is 11.2. The molecule has 6 heteroatoms. The van der Waals surface area contributed by atoms with Crippen LogP contribution in [0.15, 0.2) is 0 Å². The number of ether oxygens (including phenoxy) is 2. The first kappa shape index (κ1) is 31.2. The van der Waals surface area contributed by atoms with Crippen molar-refractivity contribution in [2.24, 2.45) is 0 Å². The van der Waals surface area contributed by atoms with Gasteiger partial charge in [-0.2, -0.15) is 0 Å². The fraction of sp³-hybridized carbons (Fsp3) is 0.955. The van der Waals surface area contributed by atoms with E-state index in [-0.39, 0.29) is 64.1 Å². The molecule has 0 saturated carbocycles. The maximum Gasteiger partial charge on any atom is 1.00 e. The largest absolute Gasteiger partial charge is 1.00 e. The second-order valence-electron chi connectivity index (χ2n) is 7.61. The van der Waals surface area contributed by atoms with E-state index < -0.39 is 18.7 Å². The third kappa shape index (κ3) is 23.3. The van der Waals surface area contributed by atoms with Gasteiger partial charge in [0, 0.05) is 0 Å². The summed E-state index contributed by atoms with van der Waals surface area (Å²) in [6.45, 7) is 4.54. The fourth-order valence-electron chi connectivity index (χ4n) is 3.13. The Kier molecular flexibility index (Phi) is 27.0. The smallest absolute Gasteiger partial charge is 0.548 e. The number of aliphatic hydroxyl groups excluding tert-OH is 1. The van der Waals surface area contributed by atoms with Crippen molar-refractivity contribution in [2.75, 3.05) is 19.8 Å². The molecule has 0 spiro atoms. The predicted octanol–water partition coefficient (Wildman–Crippen LogP) is 1.00. The first-order valence-corrected chi connectivity index (χ1v) is 11.2. The van der Waals surface area contributed by atoms with Crippen molar-refractivity contribution in [3.05, 3.63) is 0 Å². The molecule has 0 rings (SSSR count). The zero-order valence-electron chi connectivity index (χ0n) is 18.8. The SMILES string of the molecule is CCCCCCCCC(O)COC(CCCCCCCC)COCC(=O)[O-].[K+]. The van der Waals surface area contributed by atoms with Crippen LogP contribution in [0.1, 0.15) is 104 Å². The van der Waals surface area contributed by atoms with Gasteiger partial charge in [-0.05, 0) is 12.8 Å². The Hall–Kier alpha value is 0.986. The summed E-state index contributed by atoms with van der Waals surface area (Å²) < 4.78 is 11.0. The van der Waals surface area contributed by atoms with Crippen LogP contribution >= 0.6 is 0 Å². The summed E-state index contributed by atoms with van der Waals surface area (Å²) in [5.74, 6) is -1.21. The van der Waals surface area contributed by atoms with Gasteiger partial charge in [0.25, 0.3) is 0 Å². The summed E-state index contributed by atoms with van der Waals surface area (Å²) in [7, 11) is 0. The fourth-order valence-corrected chi connectivity index (χ4v) is 3.13. The van der Waals surface area contributed by atoms with E-state index >= 15 is 0 Å². The van der Waals surface area contributed by atoms with Crippen LogP contribution in [0.5, 0.6) is 0 Å². The molecule has 0 saturated heterocycles. The van der Waals surface area contributed by atoms with Gasteiger partial charge in [0.15, 0.2) is 0 Å². The molecule has 162 valence electrons. The summed E-state index contributed by atoms with van der Waals surface area (Å²) in [5.41, 5.74) is 0. The molecule has 0 amide bonds. The Morgan fingerprint density at radius 2 is 1.32 bits per heavy atom. The maximum absolute atomic E-state index is 10.5. The van der Waals surface area contributed by atoms with Gasteiger partial charge in [-0.15, -0.1) is 0 Å². The number of carbonyl (C=O) groups is 1. The van der Waals surface area contributed by atoms with Crippen LogP contribution in [0.3, 0.4) is 0 Å².